The number of carbonyl (C=O) groups excluding carboxylic acids is 1. The van der Waals surface area contributed by atoms with Crippen LogP contribution in [0.1, 0.15) is 5.56 Å². The van der Waals surface area contributed by atoms with Crippen LogP contribution in [0.5, 0.6) is 0 Å². The number of fused-ring (bicyclic) bond motifs is 1. The van der Waals surface area contributed by atoms with Crippen molar-refractivity contribution in [1.29, 1.82) is 0 Å². The SMILES string of the molecule is COC1=c2c(cc(C)cc2=C=O)N(CCN(C)C)C1OC. The van der Waals surface area contributed by atoms with Crippen molar-refractivity contribution in [3.8, 4) is 0 Å². The van der Waals surface area contributed by atoms with E-state index in [0.29, 0.717) is 11.0 Å². The highest BCUT2D eigenvalue weighted by Crippen LogP contribution is 2.25. The number of rotatable bonds is 5. The summed E-state index contributed by atoms with van der Waals surface area (Å²) in [6.45, 7) is 3.63. The maximum atomic E-state index is 11.3. The quantitative estimate of drug-likeness (QED) is 0.739. The van der Waals surface area contributed by atoms with Gasteiger partial charge in [-0.1, -0.05) is 0 Å². The summed E-state index contributed by atoms with van der Waals surface area (Å²) in [6.07, 6.45) is -0.307. The molecule has 1 unspecified atom stereocenters. The molecule has 0 radical (unpaired) electrons. The molecule has 0 saturated carbocycles. The van der Waals surface area contributed by atoms with E-state index in [2.05, 4.69) is 15.9 Å². The maximum absolute atomic E-state index is 11.3. The van der Waals surface area contributed by atoms with Gasteiger partial charge in [-0.3, -0.25) is 0 Å². The number of likely N-dealkylation sites (N-methyl/N-ethyl adjacent to an activating group) is 1. The molecule has 1 atom stereocenters. The van der Waals surface area contributed by atoms with Crippen molar-refractivity contribution in [1.82, 2.24) is 4.90 Å². The first-order valence-electron chi connectivity index (χ1n) is 6.91. The Morgan fingerprint density at radius 2 is 2.05 bits per heavy atom. The first kappa shape index (κ1) is 15.6. The van der Waals surface area contributed by atoms with Crippen LogP contribution in [0.3, 0.4) is 0 Å². The average Bonchev–Trinajstić information content (AvgIpc) is 2.76. The molecule has 0 fully saturated rings. The van der Waals surface area contributed by atoms with Crippen LogP contribution in [-0.4, -0.2) is 58.5 Å². The molecule has 0 bridgehead atoms. The van der Waals surface area contributed by atoms with Crippen LogP contribution < -0.4 is 15.3 Å². The normalized spacial score (nSPS) is 17.1. The lowest BCUT2D eigenvalue weighted by molar-refractivity contribution is 0.115. The summed E-state index contributed by atoms with van der Waals surface area (Å²) in [5, 5.41) is 1.32. The zero-order valence-electron chi connectivity index (χ0n) is 13.3. The maximum Gasteiger partial charge on any atom is 0.189 e. The van der Waals surface area contributed by atoms with E-state index in [4.69, 9.17) is 9.47 Å². The van der Waals surface area contributed by atoms with Gasteiger partial charge in [0.1, 0.15) is 5.94 Å². The van der Waals surface area contributed by atoms with E-state index in [9.17, 15) is 4.79 Å². The van der Waals surface area contributed by atoms with Gasteiger partial charge in [0.05, 0.1) is 23.2 Å². The fourth-order valence-corrected chi connectivity index (χ4v) is 2.71. The van der Waals surface area contributed by atoms with Gasteiger partial charge in [0, 0.05) is 20.2 Å². The standard InChI is InChI=1S/C16H22N2O3/c1-11-8-12(10-19)14-13(9-11)18(7-6-17(2)3)16(21-5)15(14)20-4/h8-9,16H,6-7H2,1-5H3. The molecule has 1 heterocycles. The predicted octanol–water partition coefficient (Wildman–Crippen LogP) is -0.393. The van der Waals surface area contributed by atoms with Gasteiger partial charge in [-0.25, -0.2) is 4.79 Å². The van der Waals surface area contributed by atoms with E-state index in [0.717, 1.165) is 29.6 Å². The molecule has 1 aromatic carbocycles. The molecule has 0 N–H and O–H groups in total. The smallest absolute Gasteiger partial charge is 0.189 e. The predicted molar refractivity (Wildman–Crippen MR) is 82.3 cm³/mol. The molecule has 5 nitrogen and oxygen atoms in total. The summed E-state index contributed by atoms with van der Waals surface area (Å²) < 4.78 is 11.1. The second kappa shape index (κ2) is 6.31. The van der Waals surface area contributed by atoms with Gasteiger partial charge in [0.25, 0.3) is 0 Å². The Kier molecular flexibility index (Phi) is 4.68. The van der Waals surface area contributed by atoms with E-state index in [1.54, 1.807) is 14.2 Å². The fraction of sp³-hybridized carbons (Fsp3) is 0.500. The Bertz CT molecular complexity index is 663. The summed E-state index contributed by atoms with van der Waals surface area (Å²) in [4.78, 5) is 15.5. The van der Waals surface area contributed by atoms with Crippen molar-refractivity contribution in [3.63, 3.8) is 0 Å². The van der Waals surface area contributed by atoms with Gasteiger partial charge < -0.3 is 19.3 Å². The first-order chi connectivity index (χ1) is 10.0. The molecule has 0 aromatic heterocycles. The van der Waals surface area contributed by atoms with Crippen LogP contribution >= 0.6 is 0 Å². The lowest BCUT2D eigenvalue weighted by Gasteiger charge is -2.29. The molecule has 5 heteroatoms. The monoisotopic (exact) mass is 290 g/mol. The van der Waals surface area contributed by atoms with Crippen LogP contribution in [0.25, 0.3) is 5.76 Å². The Hall–Kier alpha value is -1.81. The van der Waals surface area contributed by atoms with Crippen molar-refractivity contribution in [2.24, 2.45) is 0 Å². The van der Waals surface area contributed by atoms with Crippen LogP contribution in [-0.2, 0) is 14.3 Å². The zero-order valence-corrected chi connectivity index (χ0v) is 13.3. The lowest BCUT2D eigenvalue weighted by atomic mass is 10.1. The van der Waals surface area contributed by atoms with Crippen molar-refractivity contribution >= 4 is 17.4 Å². The molecular weight excluding hydrogens is 268 g/mol. The van der Waals surface area contributed by atoms with Crippen LogP contribution in [0, 0.1) is 6.92 Å². The number of hydrogen-bond donors (Lipinski definition) is 0. The molecule has 1 aliphatic heterocycles. The number of nitrogens with zero attached hydrogens (tertiary/aromatic N) is 2. The van der Waals surface area contributed by atoms with Crippen molar-refractivity contribution < 1.29 is 14.3 Å². The summed E-state index contributed by atoms with van der Waals surface area (Å²) >= 11 is 0. The molecule has 0 spiro atoms. The highest BCUT2D eigenvalue weighted by Gasteiger charge is 2.32. The lowest BCUT2D eigenvalue weighted by Crippen LogP contribution is -2.39. The molecule has 0 aliphatic carbocycles. The Balaban J connectivity index is 2.63. The van der Waals surface area contributed by atoms with E-state index in [-0.39, 0.29) is 6.23 Å². The summed E-state index contributed by atoms with van der Waals surface area (Å²) in [6, 6.07) is 3.89. The topological polar surface area (TPSA) is 42.0 Å². The van der Waals surface area contributed by atoms with Gasteiger partial charge in [-0.15, -0.1) is 0 Å². The van der Waals surface area contributed by atoms with Crippen LogP contribution in [0.4, 0.5) is 5.69 Å². The Labute approximate surface area is 125 Å². The van der Waals surface area contributed by atoms with Gasteiger partial charge >= 0.3 is 0 Å². The van der Waals surface area contributed by atoms with E-state index in [1.807, 2.05) is 33.0 Å². The Morgan fingerprint density at radius 3 is 2.57 bits per heavy atom. The molecule has 21 heavy (non-hydrogen) atoms. The third-order valence-electron chi connectivity index (χ3n) is 3.67. The largest absolute Gasteiger partial charge is 0.496 e. The van der Waals surface area contributed by atoms with Gasteiger partial charge in [-0.05, 0) is 38.7 Å². The molecule has 1 aliphatic rings. The molecule has 2 rings (SSSR count). The minimum atomic E-state index is -0.307. The average molecular weight is 290 g/mol. The molecule has 1 aromatic rings. The second-order valence-corrected chi connectivity index (χ2v) is 5.46. The van der Waals surface area contributed by atoms with Crippen molar-refractivity contribution in [2.75, 3.05) is 46.3 Å². The number of benzene rings is 1. The second-order valence-electron chi connectivity index (χ2n) is 5.46. The number of ether oxygens (including phenoxy) is 2. The minimum absolute atomic E-state index is 0.307. The fourth-order valence-electron chi connectivity index (χ4n) is 2.71. The highest BCUT2D eigenvalue weighted by atomic mass is 16.5. The highest BCUT2D eigenvalue weighted by molar-refractivity contribution is 5.70. The molecular formula is C16H22N2O3. The van der Waals surface area contributed by atoms with Gasteiger partial charge in [0.15, 0.2) is 12.0 Å². The van der Waals surface area contributed by atoms with Gasteiger partial charge in [0.2, 0.25) is 0 Å². The summed E-state index contributed by atoms with van der Waals surface area (Å²) in [5.41, 5.74) is 1.99. The van der Waals surface area contributed by atoms with E-state index < -0.39 is 0 Å². The number of hydrogen-bond acceptors (Lipinski definition) is 5. The molecule has 0 saturated heterocycles. The van der Waals surface area contributed by atoms with Gasteiger partial charge in [-0.2, -0.15) is 0 Å². The van der Waals surface area contributed by atoms with Crippen molar-refractivity contribution in [2.45, 2.75) is 13.2 Å². The Morgan fingerprint density at radius 1 is 1.33 bits per heavy atom. The number of methoxy groups -OCH3 is 2. The summed E-state index contributed by atoms with van der Waals surface area (Å²) in [5.74, 6) is 2.69. The van der Waals surface area contributed by atoms with Crippen LogP contribution in [0.15, 0.2) is 12.1 Å². The third kappa shape index (κ3) is 2.81. The number of anilines is 1. The molecule has 0 amide bonds. The van der Waals surface area contributed by atoms with E-state index >= 15 is 0 Å². The third-order valence-corrected chi connectivity index (χ3v) is 3.67. The number of aryl methyl sites for hydroxylation is 1. The van der Waals surface area contributed by atoms with Crippen molar-refractivity contribution in [3.05, 3.63) is 28.1 Å². The zero-order chi connectivity index (χ0) is 15.6. The molecule has 114 valence electrons. The van der Waals surface area contributed by atoms with Crippen LogP contribution in [0.2, 0.25) is 0 Å². The first-order valence-corrected chi connectivity index (χ1v) is 6.91. The van der Waals surface area contributed by atoms with E-state index in [1.165, 1.54) is 0 Å². The minimum Gasteiger partial charge on any atom is -0.496 e. The summed E-state index contributed by atoms with van der Waals surface area (Å²) in [7, 11) is 7.31.